The number of ether oxygens (including phenoxy) is 1. The molecular weight excluding hydrogens is 480 g/mol. The van der Waals surface area contributed by atoms with Gasteiger partial charge in [-0.15, -0.1) is 35.3 Å². The first-order valence-corrected chi connectivity index (χ1v) is 8.47. The molecule has 2 rings (SSSR count). The summed E-state index contributed by atoms with van der Waals surface area (Å²) in [7, 11) is 1.60. The molecule has 2 N–H and O–H groups in total. The molecule has 26 heavy (non-hydrogen) atoms. The lowest BCUT2D eigenvalue weighted by Crippen LogP contribution is -2.36. The van der Waals surface area contributed by atoms with Gasteiger partial charge in [-0.25, -0.2) is 9.98 Å². The lowest BCUT2D eigenvalue weighted by atomic mass is 10.2. The van der Waals surface area contributed by atoms with E-state index in [-0.39, 0.29) is 30.5 Å². The highest BCUT2D eigenvalue weighted by Gasteiger charge is 2.33. The van der Waals surface area contributed by atoms with E-state index in [2.05, 4.69) is 20.6 Å². The van der Waals surface area contributed by atoms with Crippen molar-refractivity contribution in [3.63, 3.8) is 0 Å². The van der Waals surface area contributed by atoms with Crippen LogP contribution in [0.5, 0.6) is 5.75 Å². The molecule has 0 fully saturated rings. The smallest absolute Gasteiger partial charge is 0.434 e. The van der Waals surface area contributed by atoms with Crippen molar-refractivity contribution in [2.75, 3.05) is 13.7 Å². The molecule has 0 aliphatic carbocycles. The summed E-state index contributed by atoms with van der Waals surface area (Å²) in [6.45, 7) is 3.16. The van der Waals surface area contributed by atoms with Gasteiger partial charge in [0.25, 0.3) is 0 Å². The highest BCUT2D eigenvalue weighted by atomic mass is 127. The maximum Gasteiger partial charge on any atom is 0.434 e. The van der Waals surface area contributed by atoms with Gasteiger partial charge in [0.2, 0.25) is 0 Å². The number of nitrogens with one attached hydrogen (secondary N) is 2. The Kier molecular flexibility index (Phi) is 9.13. The zero-order valence-corrected chi connectivity index (χ0v) is 17.4. The number of benzene rings is 1. The number of hydrogen-bond acceptors (Lipinski definition) is 4. The van der Waals surface area contributed by atoms with Crippen molar-refractivity contribution in [2.24, 2.45) is 4.99 Å². The maximum absolute atomic E-state index is 12.6. The predicted molar refractivity (Wildman–Crippen MR) is 107 cm³/mol. The summed E-state index contributed by atoms with van der Waals surface area (Å²) in [4.78, 5) is 8.00. The molecule has 0 radical (unpaired) electrons. The fraction of sp³-hybridized carbons (Fsp3) is 0.375. The third-order valence-corrected chi connectivity index (χ3v) is 4.02. The number of halogens is 4. The van der Waals surface area contributed by atoms with Crippen molar-refractivity contribution in [3.8, 4) is 5.75 Å². The van der Waals surface area contributed by atoms with Gasteiger partial charge in [-0.3, -0.25) is 0 Å². The van der Waals surface area contributed by atoms with Crippen LogP contribution in [-0.2, 0) is 19.3 Å². The Labute approximate surface area is 171 Å². The third-order valence-electron chi connectivity index (χ3n) is 3.17. The first-order chi connectivity index (χ1) is 11.9. The molecule has 1 aromatic heterocycles. The first-order valence-electron chi connectivity index (χ1n) is 7.59. The normalized spacial score (nSPS) is 11.7. The molecule has 0 atom stereocenters. The van der Waals surface area contributed by atoms with Gasteiger partial charge in [0, 0.05) is 11.9 Å². The predicted octanol–water partition coefficient (Wildman–Crippen LogP) is 4.04. The van der Waals surface area contributed by atoms with Gasteiger partial charge in [0.05, 0.1) is 20.2 Å². The molecule has 10 heteroatoms. The Morgan fingerprint density at radius 1 is 1.23 bits per heavy atom. The van der Waals surface area contributed by atoms with Crippen LogP contribution in [0.3, 0.4) is 0 Å². The van der Waals surface area contributed by atoms with Crippen molar-refractivity contribution in [1.82, 2.24) is 15.6 Å². The third kappa shape index (κ3) is 6.98. The molecule has 0 unspecified atom stereocenters. The van der Waals surface area contributed by atoms with Crippen molar-refractivity contribution in [2.45, 2.75) is 26.2 Å². The molecule has 0 bridgehead atoms. The lowest BCUT2D eigenvalue weighted by Gasteiger charge is -2.10. The van der Waals surface area contributed by atoms with Crippen molar-refractivity contribution < 1.29 is 17.9 Å². The maximum atomic E-state index is 12.6. The zero-order chi connectivity index (χ0) is 18.3. The Morgan fingerprint density at radius 2 is 1.92 bits per heavy atom. The number of methoxy groups -OCH3 is 1. The van der Waals surface area contributed by atoms with Gasteiger partial charge in [-0.2, -0.15) is 13.2 Å². The summed E-state index contributed by atoms with van der Waals surface area (Å²) >= 11 is 0.965. The monoisotopic (exact) mass is 500 g/mol. The van der Waals surface area contributed by atoms with Crippen LogP contribution >= 0.6 is 35.3 Å². The van der Waals surface area contributed by atoms with Crippen LogP contribution < -0.4 is 15.4 Å². The van der Waals surface area contributed by atoms with E-state index in [0.717, 1.165) is 28.0 Å². The van der Waals surface area contributed by atoms with E-state index in [0.29, 0.717) is 24.1 Å². The second kappa shape index (κ2) is 10.6. The Bertz CT molecular complexity index is 704. The number of aromatic nitrogens is 1. The van der Waals surface area contributed by atoms with Crippen LogP contribution in [0.4, 0.5) is 13.2 Å². The number of aliphatic imine (C=N–C) groups is 1. The fourth-order valence-electron chi connectivity index (χ4n) is 1.92. The minimum atomic E-state index is -4.41. The molecule has 0 spiro atoms. The topological polar surface area (TPSA) is 58.5 Å². The molecule has 0 aliphatic heterocycles. The van der Waals surface area contributed by atoms with E-state index in [1.165, 1.54) is 0 Å². The number of thiazole rings is 1. The summed E-state index contributed by atoms with van der Waals surface area (Å²) in [5.74, 6) is 1.28. The molecule has 0 aliphatic rings. The summed E-state index contributed by atoms with van der Waals surface area (Å²) in [5, 5.41) is 7.40. The Hall–Kier alpha value is -1.56. The first kappa shape index (κ1) is 22.5. The van der Waals surface area contributed by atoms with Gasteiger partial charge < -0.3 is 15.4 Å². The Morgan fingerprint density at radius 3 is 2.46 bits per heavy atom. The van der Waals surface area contributed by atoms with Crippen molar-refractivity contribution in [3.05, 3.63) is 45.9 Å². The number of hydrogen-bond donors (Lipinski definition) is 2. The van der Waals surface area contributed by atoms with E-state index in [1.807, 2.05) is 31.2 Å². The summed E-state index contributed by atoms with van der Waals surface area (Å²) < 4.78 is 42.8. The van der Waals surface area contributed by atoms with Gasteiger partial charge in [0.15, 0.2) is 11.7 Å². The SMILES string of the molecule is CCNC(=NCc1ccc(OC)cc1)NCc1nc(C(F)(F)F)cs1.I. The van der Waals surface area contributed by atoms with E-state index in [1.54, 1.807) is 7.11 Å². The van der Waals surface area contributed by atoms with Crippen molar-refractivity contribution in [1.29, 1.82) is 0 Å². The van der Waals surface area contributed by atoms with Crippen LogP contribution in [0.25, 0.3) is 0 Å². The number of rotatable bonds is 6. The van der Waals surface area contributed by atoms with Crippen molar-refractivity contribution >= 4 is 41.3 Å². The van der Waals surface area contributed by atoms with E-state index in [9.17, 15) is 13.2 Å². The zero-order valence-electron chi connectivity index (χ0n) is 14.3. The molecule has 1 aromatic carbocycles. The van der Waals surface area contributed by atoms with Crippen LogP contribution in [0.2, 0.25) is 0 Å². The van der Waals surface area contributed by atoms with E-state index in [4.69, 9.17) is 4.74 Å². The average molecular weight is 500 g/mol. The fourth-order valence-corrected chi connectivity index (χ4v) is 2.67. The minimum Gasteiger partial charge on any atom is -0.497 e. The highest BCUT2D eigenvalue weighted by Crippen LogP contribution is 2.29. The van der Waals surface area contributed by atoms with E-state index >= 15 is 0 Å². The van der Waals surface area contributed by atoms with Crippen LogP contribution in [-0.4, -0.2) is 24.6 Å². The molecule has 2 aromatic rings. The summed E-state index contributed by atoms with van der Waals surface area (Å²) in [6.07, 6.45) is -4.41. The second-order valence-corrected chi connectivity index (χ2v) is 5.96. The van der Waals surface area contributed by atoms with Crippen LogP contribution in [0.1, 0.15) is 23.2 Å². The standard InChI is InChI=1S/C16H19F3N4OS.HI/c1-3-20-15(21-8-11-4-6-12(24-2)7-5-11)22-9-14-23-13(10-25-14)16(17,18)19;/h4-7,10H,3,8-9H2,1-2H3,(H2,20,21,22);1H. The largest absolute Gasteiger partial charge is 0.497 e. The minimum absolute atomic E-state index is 0. The van der Waals surface area contributed by atoms with Gasteiger partial charge in [-0.1, -0.05) is 12.1 Å². The van der Waals surface area contributed by atoms with Crippen LogP contribution in [0.15, 0.2) is 34.6 Å². The number of nitrogens with zero attached hydrogens (tertiary/aromatic N) is 2. The number of alkyl halides is 3. The molecule has 0 amide bonds. The Balaban J connectivity index is 0.00000338. The van der Waals surface area contributed by atoms with Gasteiger partial charge in [0.1, 0.15) is 10.8 Å². The quantitative estimate of drug-likeness (QED) is 0.357. The average Bonchev–Trinajstić information content (AvgIpc) is 3.07. The molecule has 0 saturated carbocycles. The summed E-state index contributed by atoms with van der Waals surface area (Å²) in [5.41, 5.74) is 0.126. The van der Waals surface area contributed by atoms with Gasteiger partial charge in [-0.05, 0) is 24.6 Å². The number of guanidine groups is 1. The molecule has 0 saturated heterocycles. The molecule has 1 heterocycles. The summed E-state index contributed by atoms with van der Waals surface area (Å²) in [6, 6.07) is 7.50. The molecule has 144 valence electrons. The molecular formula is C16H20F3IN4OS. The highest BCUT2D eigenvalue weighted by molar-refractivity contribution is 14.0. The second-order valence-electron chi connectivity index (χ2n) is 5.02. The van der Waals surface area contributed by atoms with E-state index < -0.39 is 11.9 Å². The molecule has 5 nitrogen and oxygen atoms in total. The van der Waals surface area contributed by atoms with Gasteiger partial charge >= 0.3 is 6.18 Å². The van der Waals surface area contributed by atoms with Crippen LogP contribution in [0, 0.1) is 0 Å². The lowest BCUT2D eigenvalue weighted by molar-refractivity contribution is -0.140.